The molecule has 164 valence electrons. The molecular weight excluding hydrogens is 448 g/mol. The van der Waals surface area contributed by atoms with Crippen LogP contribution in [0, 0.1) is 0 Å². The quantitative estimate of drug-likeness (QED) is 0.439. The van der Waals surface area contributed by atoms with Gasteiger partial charge in [-0.1, -0.05) is 12.1 Å². The van der Waals surface area contributed by atoms with Crippen LogP contribution in [-0.4, -0.2) is 40.5 Å². The molecule has 0 aromatic heterocycles. The molecule has 0 unspecified atom stereocenters. The van der Waals surface area contributed by atoms with Gasteiger partial charge in [0.25, 0.3) is 0 Å². The van der Waals surface area contributed by atoms with Crippen molar-refractivity contribution in [2.24, 2.45) is 9.98 Å². The minimum atomic E-state index is -1.36. The molecule has 0 aliphatic carbocycles. The van der Waals surface area contributed by atoms with E-state index in [9.17, 15) is 15.0 Å². The van der Waals surface area contributed by atoms with Crippen LogP contribution >= 0.6 is 11.8 Å². The van der Waals surface area contributed by atoms with Gasteiger partial charge in [0.05, 0.1) is 11.3 Å². The normalized spacial score (nSPS) is 16.6. The number of hydrazine groups is 1. The summed E-state index contributed by atoms with van der Waals surface area (Å²) in [5, 5.41) is 21.6. The maximum Gasteiger partial charge on any atom is 0.342 e. The van der Waals surface area contributed by atoms with Crippen LogP contribution in [0.1, 0.15) is 27.0 Å². The molecule has 3 aromatic rings. The third-order valence-corrected chi connectivity index (χ3v) is 6.16. The minimum Gasteiger partial charge on any atom is -0.508 e. The Kier molecular flexibility index (Phi) is 4.05. The van der Waals surface area contributed by atoms with Gasteiger partial charge in [-0.2, -0.15) is 4.53 Å². The Morgan fingerprint density at radius 3 is 2.33 bits per heavy atom. The first-order valence-electron chi connectivity index (χ1n) is 9.95. The van der Waals surface area contributed by atoms with Crippen LogP contribution in [0.4, 0.5) is 5.69 Å². The number of fused-ring (bicyclic) bond motifs is 6. The van der Waals surface area contributed by atoms with Crippen molar-refractivity contribution in [3.8, 4) is 23.0 Å². The first-order chi connectivity index (χ1) is 16.0. The van der Waals surface area contributed by atoms with Crippen molar-refractivity contribution in [1.82, 2.24) is 5.01 Å². The van der Waals surface area contributed by atoms with E-state index in [1.54, 1.807) is 30.3 Å². The summed E-state index contributed by atoms with van der Waals surface area (Å²) in [5.74, 6) is 0.00719. The molecule has 3 aliphatic heterocycles. The van der Waals surface area contributed by atoms with Crippen LogP contribution in [-0.2, 0) is 10.3 Å². The highest BCUT2D eigenvalue weighted by Crippen LogP contribution is 2.58. The Bertz CT molecular complexity index is 1340. The molecule has 0 radical (unpaired) electrons. The lowest BCUT2D eigenvalue weighted by molar-refractivity contribution is 0.0224. The molecule has 3 heterocycles. The van der Waals surface area contributed by atoms with Crippen molar-refractivity contribution in [3.05, 3.63) is 76.9 Å². The monoisotopic (exact) mass is 462 g/mol. The molecule has 10 heteroatoms. The third kappa shape index (κ3) is 2.69. The molecule has 33 heavy (non-hydrogen) atoms. The van der Waals surface area contributed by atoms with Crippen LogP contribution in [0.15, 0.2) is 64.6 Å². The lowest BCUT2D eigenvalue weighted by Crippen LogP contribution is -2.37. The fourth-order valence-electron chi connectivity index (χ4n) is 4.43. The molecule has 0 amide bonds. The average molecular weight is 463 g/mol. The summed E-state index contributed by atoms with van der Waals surface area (Å²) in [5.41, 5.74) is 0.928. The molecule has 0 bridgehead atoms. The predicted molar refractivity (Wildman–Crippen MR) is 120 cm³/mol. The molecule has 3 aromatic carbocycles. The molecule has 0 saturated carbocycles. The zero-order valence-corrected chi connectivity index (χ0v) is 17.6. The molecule has 1 spiro atoms. The van der Waals surface area contributed by atoms with Crippen LogP contribution in [0.3, 0.4) is 0 Å². The summed E-state index contributed by atoms with van der Waals surface area (Å²) >= 11 is 6.60. The summed E-state index contributed by atoms with van der Waals surface area (Å²) in [4.78, 5) is 21.4. The number of esters is 1. The van der Waals surface area contributed by atoms with E-state index in [1.807, 2.05) is 0 Å². The molecule has 0 saturated heterocycles. The Labute approximate surface area is 192 Å². The number of phenols is 2. The molecule has 6 rings (SSSR count). The van der Waals surface area contributed by atoms with Crippen LogP contribution in [0.25, 0.3) is 0 Å². The van der Waals surface area contributed by atoms with Gasteiger partial charge in [-0.15, -0.1) is 0 Å². The van der Waals surface area contributed by atoms with Gasteiger partial charge < -0.3 is 19.7 Å². The highest BCUT2D eigenvalue weighted by molar-refractivity contribution is 6.27. The minimum absolute atomic E-state index is 0.0114. The van der Waals surface area contributed by atoms with Crippen molar-refractivity contribution >= 4 is 36.1 Å². The van der Waals surface area contributed by atoms with Crippen LogP contribution in [0.2, 0.25) is 0 Å². The number of aromatic hydroxyl groups is 2. The number of hydrogen-bond donors (Lipinski definition) is 2. The van der Waals surface area contributed by atoms with Gasteiger partial charge in [0.1, 0.15) is 42.3 Å². The maximum absolute atomic E-state index is 13.4. The summed E-state index contributed by atoms with van der Waals surface area (Å²) in [7, 11) is 0. The molecule has 9 nitrogen and oxygen atoms in total. The van der Waals surface area contributed by atoms with E-state index in [1.165, 1.54) is 46.5 Å². The lowest BCUT2D eigenvalue weighted by Gasteiger charge is -2.36. The Balaban J connectivity index is 1.61. The number of rotatable bonds is 2. The number of carbonyl (C=O) groups is 1. The SMILES string of the molecule is O=C1OC2(c3ccc(O)cc3Oc3cc(O)ccc32)c2cccc(N(Cl)N3C=NC=NC3)c21. The second kappa shape index (κ2) is 6.88. The van der Waals surface area contributed by atoms with Crippen molar-refractivity contribution in [2.75, 3.05) is 11.2 Å². The Morgan fingerprint density at radius 1 is 1.00 bits per heavy atom. The molecular formula is C23H15ClN4O5. The van der Waals surface area contributed by atoms with Gasteiger partial charge in [0.2, 0.25) is 0 Å². The van der Waals surface area contributed by atoms with Gasteiger partial charge in [-0.05, 0) is 30.3 Å². The van der Waals surface area contributed by atoms with Crippen LogP contribution in [0.5, 0.6) is 23.0 Å². The second-order valence-electron chi connectivity index (χ2n) is 7.64. The number of phenolic OH excluding ortho intramolecular Hbond substituents is 2. The fourth-order valence-corrected chi connectivity index (χ4v) is 4.66. The molecule has 0 atom stereocenters. The maximum atomic E-state index is 13.4. The van der Waals surface area contributed by atoms with Crippen molar-refractivity contribution < 1.29 is 24.5 Å². The topological polar surface area (TPSA) is 107 Å². The fraction of sp³-hybridized carbons (Fsp3) is 0.0870. The van der Waals surface area contributed by atoms with Gasteiger partial charge in [-0.25, -0.2) is 19.8 Å². The standard InChI is InChI=1S/C23H15ClN4O5/c24-28(27-11-25-10-26-12-27)18-3-1-2-17-21(18)22(31)33-23(17)15-6-4-13(29)8-19(15)32-20-9-14(30)5-7-16(20)23/h1-11,29-30H,12H2. The molecule has 0 fully saturated rings. The number of ether oxygens (including phenoxy) is 2. The number of halogens is 1. The number of hydrogen-bond acceptors (Lipinski definition) is 9. The first kappa shape index (κ1) is 19.4. The van der Waals surface area contributed by atoms with E-state index >= 15 is 0 Å². The summed E-state index contributed by atoms with van der Waals surface area (Å²) < 4.78 is 13.4. The summed E-state index contributed by atoms with van der Waals surface area (Å²) in [6.07, 6.45) is 2.92. The lowest BCUT2D eigenvalue weighted by atomic mass is 9.77. The zero-order valence-electron chi connectivity index (χ0n) is 16.8. The van der Waals surface area contributed by atoms with Gasteiger partial charge in [-0.3, -0.25) is 0 Å². The number of anilines is 1. The Morgan fingerprint density at radius 2 is 1.70 bits per heavy atom. The van der Waals surface area contributed by atoms with E-state index in [0.717, 1.165) is 0 Å². The third-order valence-electron chi connectivity index (χ3n) is 5.78. The number of nitrogens with zero attached hydrogens (tertiary/aromatic N) is 4. The van der Waals surface area contributed by atoms with Crippen molar-refractivity contribution in [2.45, 2.75) is 5.60 Å². The van der Waals surface area contributed by atoms with E-state index in [-0.39, 0.29) is 23.7 Å². The van der Waals surface area contributed by atoms with Crippen molar-refractivity contribution in [3.63, 3.8) is 0 Å². The van der Waals surface area contributed by atoms with Crippen LogP contribution < -0.4 is 9.26 Å². The molecule has 3 aliphatic rings. The van der Waals surface area contributed by atoms with Crippen molar-refractivity contribution in [1.29, 1.82) is 0 Å². The van der Waals surface area contributed by atoms with E-state index in [4.69, 9.17) is 21.3 Å². The average Bonchev–Trinajstić information content (AvgIpc) is 3.12. The number of carbonyl (C=O) groups excluding carboxylic acids is 1. The smallest absolute Gasteiger partial charge is 0.342 e. The highest BCUT2D eigenvalue weighted by atomic mass is 35.5. The van der Waals surface area contributed by atoms with E-state index in [2.05, 4.69) is 9.98 Å². The van der Waals surface area contributed by atoms with E-state index in [0.29, 0.717) is 33.9 Å². The summed E-state index contributed by atoms with van der Waals surface area (Å²) in [6.45, 7) is 0.231. The largest absolute Gasteiger partial charge is 0.508 e. The number of aliphatic imine (C=N–C) groups is 2. The Hall–Kier alpha value is -4.24. The molecule has 2 N–H and O–H groups in total. The summed E-state index contributed by atoms with van der Waals surface area (Å²) in [6, 6.07) is 14.4. The second-order valence-corrected chi connectivity index (χ2v) is 7.96. The first-order valence-corrected chi connectivity index (χ1v) is 10.3. The predicted octanol–water partition coefficient (Wildman–Crippen LogP) is 3.87. The zero-order chi connectivity index (χ0) is 22.7. The number of benzene rings is 3. The van der Waals surface area contributed by atoms with Gasteiger partial charge in [0.15, 0.2) is 5.60 Å². The highest BCUT2D eigenvalue weighted by Gasteiger charge is 2.54. The van der Waals surface area contributed by atoms with Gasteiger partial charge in [0, 0.05) is 40.6 Å². The van der Waals surface area contributed by atoms with E-state index < -0.39 is 11.6 Å². The van der Waals surface area contributed by atoms with Gasteiger partial charge >= 0.3 is 5.97 Å².